The summed E-state index contributed by atoms with van der Waals surface area (Å²) in [7, 11) is -4.48. The third-order valence-corrected chi connectivity index (χ3v) is 4.69. The third kappa shape index (κ3) is 7.55. The highest BCUT2D eigenvalue weighted by molar-refractivity contribution is 7.94. The van der Waals surface area contributed by atoms with E-state index >= 15 is 0 Å². The molecule has 1 aromatic heterocycles. The fourth-order valence-corrected chi connectivity index (χ4v) is 2.94. The molecule has 29 heavy (non-hydrogen) atoms. The van der Waals surface area contributed by atoms with Crippen molar-refractivity contribution in [2.75, 3.05) is 42.6 Å². The maximum absolute atomic E-state index is 11.4. The van der Waals surface area contributed by atoms with Gasteiger partial charge in [0, 0.05) is 19.6 Å². The molecule has 0 radical (unpaired) electrons. The van der Waals surface area contributed by atoms with E-state index in [1.807, 2.05) is 0 Å². The molecule has 2 aromatic rings. The Morgan fingerprint density at radius 3 is 2.59 bits per heavy atom. The highest BCUT2D eigenvalue weighted by Crippen LogP contribution is 2.32. The zero-order valence-corrected chi connectivity index (χ0v) is 16.4. The van der Waals surface area contributed by atoms with E-state index in [9.17, 15) is 13.0 Å². The van der Waals surface area contributed by atoms with Crippen LogP contribution in [0.3, 0.4) is 0 Å². The van der Waals surface area contributed by atoms with Crippen LogP contribution >= 0.6 is 12.0 Å². The quantitative estimate of drug-likeness (QED) is 0.0738. The summed E-state index contributed by atoms with van der Waals surface area (Å²) < 4.78 is 36.4. The number of hydrogen-bond acceptors (Lipinski definition) is 14. The van der Waals surface area contributed by atoms with Gasteiger partial charge in [0.2, 0.25) is 17.8 Å². The first-order valence-electron chi connectivity index (χ1n) is 7.94. The van der Waals surface area contributed by atoms with Gasteiger partial charge in [-0.2, -0.15) is 23.4 Å². The lowest BCUT2D eigenvalue weighted by molar-refractivity contribution is -0.432. The van der Waals surface area contributed by atoms with Crippen LogP contribution in [-0.4, -0.2) is 64.5 Å². The molecule has 0 aliphatic carbocycles. The molecule has 1 heterocycles. The predicted octanol–water partition coefficient (Wildman–Crippen LogP) is -0.134. The molecular formula is C13H19N7O7S2. The van der Waals surface area contributed by atoms with Gasteiger partial charge in [-0.1, -0.05) is 5.04 Å². The van der Waals surface area contributed by atoms with Crippen molar-refractivity contribution in [2.24, 2.45) is 0 Å². The van der Waals surface area contributed by atoms with E-state index in [0.717, 1.165) is 12.1 Å². The normalized spacial score (nSPS) is 11.4. The van der Waals surface area contributed by atoms with Crippen LogP contribution in [0.4, 0.5) is 23.5 Å². The van der Waals surface area contributed by atoms with Crippen LogP contribution in [0.25, 0.3) is 0 Å². The van der Waals surface area contributed by atoms with Crippen LogP contribution in [0.1, 0.15) is 0 Å². The molecule has 0 spiro atoms. The van der Waals surface area contributed by atoms with Gasteiger partial charge < -0.3 is 26.8 Å². The van der Waals surface area contributed by atoms with Gasteiger partial charge in [-0.05, 0) is 18.2 Å². The second-order valence-electron chi connectivity index (χ2n) is 5.23. The molecule has 0 fully saturated rings. The lowest BCUT2D eigenvalue weighted by Gasteiger charge is -2.12. The molecule has 1 aromatic carbocycles. The van der Waals surface area contributed by atoms with E-state index in [-0.39, 0.29) is 35.0 Å². The molecule has 8 N–H and O–H groups in total. The Hall–Kier alpha value is -2.31. The Labute approximate surface area is 169 Å². The van der Waals surface area contributed by atoms with Crippen molar-refractivity contribution in [3.63, 3.8) is 0 Å². The topological polar surface area (TPSA) is 214 Å². The average molecular weight is 449 g/mol. The smallest absolute Gasteiger partial charge is 0.294 e. The minimum absolute atomic E-state index is 0.0147. The predicted molar refractivity (Wildman–Crippen MR) is 103 cm³/mol. The van der Waals surface area contributed by atoms with Gasteiger partial charge in [0.15, 0.2) is 0 Å². The lowest BCUT2D eigenvalue weighted by Crippen LogP contribution is -2.25. The summed E-state index contributed by atoms with van der Waals surface area (Å²) in [6.45, 7) is 1.42. The number of hydrogen-bond donors (Lipinski definition) is 7. The highest BCUT2D eigenvalue weighted by atomic mass is 32.2. The fourth-order valence-electron chi connectivity index (χ4n) is 2.01. The van der Waals surface area contributed by atoms with E-state index in [0.29, 0.717) is 31.7 Å². The van der Waals surface area contributed by atoms with Gasteiger partial charge in [0.05, 0.1) is 34.1 Å². The van der Waals surface area contributed by atoms with E-state index in [1.54, 1.807) is 0 Å². The zero-order valence-electron chi connectivity index (χ0n) is 14.8. The first kappa shape index (κ1) is 23.0. The first-order chi connectivity index (χ1) is 13.8. The third-order valence-electron chi connectivity index (χ3n) is 3.18. The Balaban J connectivity index is 2.22. The summed E-state index contributed by atoms with van der Waals surface area (Å²) in [5, 5.41) is 29.2. The van der Waals surface area contributed by atoms with Gasteiger partial charge >= 0.3 is 0 Å². The van der Waals surface area contributed by atoms with Crippen LogP contribution in [0.15, 0.2) is 28.0 Å². The second-order valence-corrected chi connectivity index (χ2v) is 7.39. The highest BCUT2D eigenvalue weighted by Gasteiger charge is 2.15. The van der Waals surface area contributed by atoms with Crippen molar-refractivity contribution in [3.8, 4) is 0 Å². The summed E-state index contributed by atoms with van der Waals surface area (Å²) >= 11 is 0.558. The van der Waals surface area contributed by atoms with Crippen molar-refractivity contribution < 1.29 is 32.7 Å². The molecule has 14 nitrogen and oxygen atoms in total. The maximum Gasteiger partial charge on any atom is 0.294 e. The standard InChI is InChI=1S/C13H19N7O7S2/c14-11-18-12(16-4-3-15-5-6-21)20-13(19-11)17-9-7-8(29(23,24)25)1-2-10(9)28-27-26-22/h1-2,7,15,21-22H,3-6H2,(H,23,24,25)(H4,14,16,17,18,19,20). The lowest BCUT2D eigenvalue weighted by atomic mass is 10.3. The molecule has 0 saturated heterocycles. The van der Waals surface area contributed by atoms with E-state index in [4.69, 9.17) is 16.1 Å². The molecule has 0 bridgehead atoms. The van der Waals surface area contributed by atoms with Crippen LogP contribution < -0.4 is 21.7 Å². The molecular weight excluding hydrogens is 430 g/mol. The van der Waals surface area contributed by atoms with Crippen molar-refractivity contribution in [1.29, 1.82) is 0 Å². The number of rotatable bonds is 12. The van der Waals surface area contributed by atoms with Crippen LogP contribution in [-0.2, 0) is 19.5 Å². The Bertz CT molecular complexity index is 916. The van der Waals surface area contributed by atoms with Gasteiger partial charge in [-0.25, -0.2) is 5.26 Å². The number of aromatic nitrogens is 3. The van der Waals surface area contributed by atoms with Crippen molar-refractivity contribution in [1.82, 2.24) is 20.3 Å². The van der Waals surface area contributed by atoms with Crippen LogP contribution in [0.5, 0.6) is 0 Å². The van der Waals surface area contributed by atoms with Gasteiger partial charge in [-0.15, -0.1) is 4.33 Å². The van der Waals surface area contributed by atoms with Gasteiger partial charge in [-0.3, -0.25) is 4.55 Å². The molecule has 0 amide bonds. The number of nitrogens with zero attached hydrogens (tertiary/aromatic N) is 3. The zero-order chi connectivity index (χ0) is 21.3. The molecule has 0 aliphatic heterocycles. The van der Waals surface area contributed by atoms with Crippen LogP contribution in [0, 0.1) is 0 Å². The van der Waals surface area contributed by atoms with Crippen molar-refractivity contribution in [3.05, 3.63) is 18.2 Å². The largest absolute Gasteiger partial charge is 0.395 e. The minimum atomic E-state index is -4.48. The fraction of sp³-hybridized carbons (Fsp3) is 0.308. The summed E-state index contributed by atoms with van der Waals surface area (Å²) in [6.07, 6.45) is 0. The number of nitrogens with two attached hydrogens (primary N) is 1. The van der Waals surface area contributed by atoms with Crippen LogP contribution in [0.2, 0.25) is 0 Å². The van der Waals surface area contributed by atoms with Crippen molar-refractivity contribution in [2.45, 2.75) is 9.79 Å². The Morgan fingerprint density at radius 2 is 1.90 bits per heavy atom. The number of nitrogens with one attached hydrogen (secondary N) is 3. The van der Waals surface area contributed by atoms with Crippen molar-refractivity contribution >= 4 is 45.7 Å². The van der Waals surface area contributed by atoms with E-state index < -0.39 is 15.0 Å². The molecule has 160 valence electrons. The summed E-state index contributed by atoms with van der Waals surface area (Å²) in [5.74, 6) is 0.0202. The monoisotopic (exact) mass is 449 g/mol. The Morgan fingerprint density at radius 1 is 1.14 bits per heavy atom. The number of nitrogen functional groups attached to an aromatic ring is 1. The molecule has 0 saturated carbocycles. The Kier molecular flexibility index (Phi) is 8.73. The minimum Gasteiger partial charge on any atom is -0.395 e. The van der Waals surface area contributed by atoms with Gasteiger partial charge in [0.25, 0.3) is 10.1 Å². The second kappa shape index (κ2) is 11.0. The first-order valence-corrected chi connectivity index (χ1v) is 10.1. The summed E-state index contributed by atoms with van der Waals surface area (Å²) in [6, 6.07) is 3.52. The molecule has 2 rings (SSSR count). The SMILES string of the molecule is Nc1nc(NCCNCCO)nc(Nc2cc(S(=O)(=O)O)ccc2SOOO)n1. The number of aliphatic hydroxyl groups excluding tert-OH is 1. The molecule has 0 unspecified atom stereocenters. The number of aliphatic hydroxyl groups is 1. The molecule has 0 aliphatic rings. The molecule has 16 heteroatoms. The van der Waals surface area contributed by atoms with E-state index in [2.05, 4.69) is 40.3 Å². The average Bonchev–Trinajstić information content (AvgIpc) is 2.65. The number of benzene rings is 1. The van der Waals surface area contributed by atoms with E-state index in [1.165, 1.54) is 6.07 Å². The van der Waals surface area contributed by atoms with Gasteiger partial charge in [0.1, 0.15) is 0 Å². The summed E-state index contributed by atoms with van der Waals surface area (Å²) in [4.78, 5) is 11.8. The maximum atomic E-state index is 11.4. The molecule has 0 atom stereocenters. The number of anilines is 4. The summed E-state index contributed by atoms with van der Waals surface area (Å²) in [5.41, 5.74) is 5.79.